The van der Waals surface area contributed by atoms with E-state index in [1.165, 1.54) is 0 Å². The number of hydrogen-bond acceptors (Lipinski definition) is 6. The summed E-state index contributed by atoms with van der Waals surface area (Å²) in [5.74, 6) is 2.33. The number of rotatable bonds is 5. The second-order valence-electron chi connectivity index (χ2n) is 6.93. The molecule has 0 amide bonds. The van der Waals surface area contributed by atoms with Crippen LogP contribution in [0.15, 0.2) is 42.9 Å². The summed E-state index contributed by atoms with van der Waals surface area (Å²) in [5, 5.41) is 8.97. The van der Waals surface area contributed by atoms with Gasteiger partial charge >= 0.3 is 0 Å². The van der Waals surface area contributed by atoms with Crippen molar-refractivity contribution < 1.29 is 4.74 Å². The molecule has 0 spiro atoms. The fourth-order valence-corrected chi connectivity index (χ4v) is 3.62. The molecule has 1 aliphatic rings. The summed E-state index contributed by atoms with van der Waals surface area (Å²) in [6, 6.07) is 7.92. The lowest BCUT2D eigenvalue weighted by molar-refractivity contribution is 0.211. The molecule has 0 bridgehead atoms. The van der Waals surface area contributed by atoms with Crippen LogP contribution >= 0.6 is 0 Å². The lowest BCUT2D eigenvalue weighted by Crippen LogP contribution is -2.48. The molecule has 0 saturated heterocycles. The normalized spacial score (nSPS) is 22.0. The average Bonchev–Trinajstić information content (AvgIpc) is 3.08. The summed E-state index contributed by atoms with van der Waals surface area (Å²) in [4.78, 5) is 8.77. The van der Waals surface area contributed by atoms with Crippen LogP contribution in [0.3, 0.4) is 0 Å². The highest BCUT2D eigenvalue weighted by Gasteiger charge is 2.44. The van der Waals surface area contributed by atoms with Crippen LogP contribution in [-0.4, -0.2) is 37.4 Å². The Morgan fingerprint density at radius 1 is 1.23 bits per heavy atom. The molecule has 26 heavy (non-hydrogen) atoms. The Labute approximate surface area is 152 Å². The van der Waals surface area contributed by atoms with E-state index in [4.69, 9.17) is 10.5 Å². The largest absolute Gasteiger partial charge is 0.492 e. The predicted octanol–water partition coefficient (Wildman–Crippen LogP) is 2.50. The Hall–Kier alpha value is -2.80. The van der Waals surface area contributed by atoms with E-state index in [1.807, 2.05) is 42.0 Å². The van der Waals surface area contributed by atoms with Crippen LogP contribution in [0, 0.1) is 0 Å². The highest BCUT2D eigenvalue weighted by atomic mass is 16.5. The predicted molar refractivity (Wildman–Crippen MR) is 98.1 cm³/mol. The first-order valence-corrected chi connectivity index (χ1v) is 8.82. The summed E-state index contributed by atoms with van der Waals surface area (Å²) in [6.07, 6.45) is 7.06. The number of hydrogen-bond donors (Lipinski definition) is 1. The fraction of sp³-hybridized carbons (Fsp3) is 0.368. The molecular formula is C19H22N6O. The van der Waals surface area contributed by atoms with Crippen LogP contribution < -0.4 is 10.5 Å². The van der Waals surface area contributed by atoms with E-state index < -0.39 is 0 Å². The van der Waals surface area contributed by atoms with Crippen molar-refractivity contribution in [3.05, 3.63) is 48.7 Å². The van der Waals surface area contributed by atoms with Crippen molar-refractivity contribution in [3.63, 3.8) is 0 Å². The molecule has 0 unspecified atom stereocenters. The number of nitrogens with two attached hydrogens (primary N) is 1. The molecule has 134 valence electrons. The molecule has 3 aromatic heterocycles. The zero-order chi connectivity index (χ0) is 18.1. The van der Waals surface area contributed by atoms with Crippen LogP contribution in [0.25, 0.3) is 17.2 Å². The van der Waals surface area contributed by atoms with Gasteiger partial charge in [0.25, 0.3) is 0 Å². The second-order valence-corrected chi connectivity index (χ2v) is 6.93. The van der Waals surface area contributed by atoms with E-state index in [-0.39, 0.29) is 11.5 Å². The van der Waals surface area contributed by atoms with Crippen LogP contribution in [0.5, 0.6) is 5.75 Å². The van der Waals surface area contributed by atoms with Gasteiger partial charge in [-0.2, -0.15) is 0 Å². The van der Waals surface area contributed by atoms with E-state index in [1.54, 1.807) is 12.4 Å². The Balaban J connectivity index is 1.81. The molecule has 1 aliphatic carbocycles. The highest BCUT2D eigenvalue weighted by molar-refractivity contribution is 5.55. The average molecular weight is 350 g/mol. The first kappa shape index (κ1) is 16.7. The van der Waals surface area contributed by atoms with Gasteiger partial charge in [-0.15, -0.1) is 10.2 Å². The minimum Gasteiger partial charge on any atom is -0.492 e. The number of ether oxygens (including phenoxy) is 1. The van der Waals surface area contributed by atoms with E-state index in [2.05, 4.69) is 27.1 Å². The topological polar surface area (TPSA) is 91.7 Å². The van der Waals surface area contributed by atoms with Crippen molar-refractivity contribution in [2.75, 3.05) is 6.61 Å². The van der Waals surface area contributed by atoms with Crippen LogP contribution in [-0.2, 0) is 5.41 Å². The van der Waals surface area contributed by atoms with Gasteiger partial charge in [0.15, 0.2) is 5.82 Å². The molecule has 0 aromatic carbocycles. The van der Waals surface area contributed by atoms with E-state index in [0.717, 1.165) is 35.8 Å². The summed E-state index contributed by atoms with van der Waals surface area (Å²) in [6.45, 7) is 4.74. The van der Waals surface area contributed by atoms with Crippen LogP contribution in [0.4, 0.5) is 0 Å². The Morgan fingerprint density at radius 3 is 2.69 bits per heavy atom. The van der Waals surface area contributed by atoms with Gasteiger partial charge in [-0.05, 0) is 44.0 Å². The Bertz CT molecular complexity index is 884. The van der Waals surface area contributed by atoms with E-state index in [9.17, 15) is 0 Å². The van der Waals surface area contributed by atoms with Gasteiger partial charge in [0.2, 0.25) is 0 Å². The molecule has 1 fully saturated rings. The van der Waals surface area contributed by atoms with Gasteiger partial charge in [-0.1, -0.05) is 6.92 Å². The SMILES string of the molecule is CCOc1ccc(-c2nnc(C3(C)CC(N)C3)n2-c2cccnc2)nc1. The third kappa shape index (κ3) is 2.84. The number of pyridine rings is 2. The summed E-state index contributed by atoms with van der Waals surface area (Å²) in [5.41, 5.74) is 7.61. The van der Waals surface area contributed by atoms with Crippen LogP contribution in [0.1, 0.15) is 32.5 Å². The molecule has 3 aromatic rings. The molecule has 0 aliphatic heterocycles. The maximum Gasteiger partial charge on any atom is 0.187 e. The van der Waals surface area contributed by atoms with Gasteiger partial charge in [0.1, 0.15) is 17.3 Å². The highest BCUT2D eigenvalue weighted by Crippen LogP contribution is 2.43. The molecule has 0 atom stereocenters. The van der Waals surface area contributed by atoms with Crippen molar-refractivity contribution in [1.29, 1.82) is 0 Å². The third-order valence-electron chi connectivity index (χ3n) is 4.81. The van der Waals surface area contributed by atoms with E-state index in [0.29, 0.717) is 12.4 Å². The van der Waals surface area contributed by atoms with Crippen LogP contribution in [0.2, 0.25) is 0 Å². The second kappa shape index (κ2) is 6.49. The molecular weight excluding hydrogens is 328 g/mol. The van der Waals surface area contributed by atoms with Crippen molar-refractivity contribution >= 4 is 0 Å². The molecule has 7 nitrogen and oxygen atoms in total. The smallest absolute Gasteiger partial charge is 0.187 e. The maximum absolute atomic E-state index is 6.05. The van der Waals surface area contributed by atoms with Gasteiger partial charge in [0, 0.05) is 17.7 Å². The summed E-state index contributed by atoms with van der Waals surface area (Å²) >= 11 is 0. The maximum atomic E-state index is 6.05. The van der Waals surface area contributed by atoms with Crippen molar-refractivity contribution in [1.82, 2.24) is 24.7 Å². The monoisotopic (exact) mass is 350 g/mol. The van der Waals surface area contributed by atoms with Gasteiger partial charge in [0.05, 0.1) is 24.7 Å². The van der Waals surface area contributed by atoms with Gasteiger partial charge in [-0.3, -0.25) is 9.55 Å². The first-order chi connectivity index (χ1) is 12.6. The molecule has 1 saturated carbocycles. The van der Waals surface area contributed by atoms with Gasteiger partial charge in [-0.25, -0.2) is 4.98 Å². The minimum atomic E-state index is -0.0915. The quantitative estimate of drug-likeness (QED) is 0.760. The summed E-state index contributed by atoms with van der Waals surface area (Å²) in [7, 11) is 0. The molecule has 4 rings (SSSR count). The van der Waals surface area contributed by atoms with Crippen molar-refractivity contribution in [2.24, 2.45) is 5.73 Å². The zero-order valence-corrected chi connectivity index (χ0v) is 15.0. The standard InChI is InChI=1S/C19H22N6O/c1-3-26-15-6-7-16(22-12-15)17-23-24-18(19(2)9-13(20)10-19)25(17)14-5-4-8-21-11-14/h4-8,11-13H,3,9-10,20H2,1-2H3. The molecule has 7 heteroatoms. The fourth-order valence-electron chi connectivity index (χ4n) is 3.62. The minimum absolute atomic E-state index is 0.0915. The lowest BCUT2D eigenvalue weighted by Gasteiger charge is -2.42. The van der Waals surface area contributed by atoms with E-state index >= 15 is 0 Å². The first-order valence-electron chi connectivity index (χ1n) is 8.82. The van der Waals surface area contributed by atoms with Crippen molar-refractivity contribution in [2.45, 2.75) is 38.1 Å². The molecule has 3 heterocycles. The Kier molecular flexibility index (Phi) is 4.16. The number of nitrogens with zero attached hydrogens (tertiary/aromatic N) is 5. The lowest BCUT2D eigenvalue weighted by atomic mass is 9.66. The third-order valence-corrected chi connectivity index (χ3v) is 4.81. The Morgan fingerprint density at radius 2 is 2.08 bits per heavy atom. The number of aromatic nitrogens is 5. The zero-order valence-electron chi connectivity index (χ0n) is 15.0. The summed E-state index contributed by atoms with van der Waals surface area (Å²) < 4.78 is 7.52. The molecule has 0 radical (unpaired) electrons. The van der Waals surface area contributed by atoms with Gasteiger partial charge < -0.3 is 10.5 Å². The molecule has 2 N–H and O–H groups in total. The van der Waals surface area contributed by atoms with Crippen molar-refractivity contribution in [3.8, 4) is 23.0 Å².